The van der Waals surface area contributed by atoms with Crippen molar-refractivity contribution >= 4 is 6.09 Å². The van der Waals surface area contributed by atoms with E-state index in [1.165, 1.54) is 5.69 Å². The topological polar surface area (TPSA) is 73.4 Å². The van der Waals surface area contributed by atoms with Crippen molar-refractivity contribution in [3.63, 3.8) is 0 Å². The van der Waals surface area contributed by atoms with Crippen LogP contribution in [-0.2, 0) is 18.2 Å². The van der Waals surface area contributed by atoms with Gasteiger partial charge in [-0.05, 0) is 52.0 Å². The van der Waals surface area contributed by atoms with Gasteiger partial charge in [0.15, 0.2) is 0 Å². The zero-order valence-electron chi connectivity index (χ0n) is 14.1. The Labute approximate surface area is 132 Å². The van der Waals surface area contributed by atoms with E-state index < -0.39 is 5.60 Å². The Morgan fingerprint density at radius 2 is 2.27 bits per heavy atom. The molecule has 6 nitrogen and oxygen atoms in total. The van der Waals surface area contributed by atoms with Crippen molar-refractivity contribution in [3.8, 4) is 0 Å². The molecular weight excluding hydrogens is 280 g/mol. The molecule has 1 amide bonds. The van der Waals surface area contributed by atoms with E-state index in [-0.39, 0.29) is 12.1 Å². The number of rotatable bonds is 4. The first-order chi connectivity index (χ1) is 10.3. The fraction of sp³-hybridized carbons (Fsp3) is 0.750. The fourth-order valence-corrected chi connectivity index (χ4v) is 2.83. The molecule has 2 rings (SSSR count). The molecule has 1 aromatic heterocycles. The van der Waals surface area contributed by atoms with Crippen LogP contribution in [0.5, 0.6) is 0 Å². The summed E-state index contributed by atoms with van der Waals surface area (Å²) in [6, 6.07) is 2.12. The van der Waals surface area contributed by atoms with Gasteiger partial charge in [0.25, 0.3) is 0 Å². The summed E-state index contributed by atoms with van der Waals surface area (Å²) in [5, 5.41) is 4.17. The molecule has 1 fully saturated rings. The average Bonchev–Trinajstić information content (AvgIpc) is 3.03. The molecule has 0 spiro atoms. The molecule has 1 aliphatic rings. The van der Waals surface area contributed by atoms with E-state index in [1.807, 2.05) is 38.6 Å². The molecule has 2 unspecified atom stereocenters. The monoisotopic (exact) mass is 308 g/mol. The van der Waals surface area contributed by atoms with Gasteiger partial charge in [-0.25, -0.2) is 4.79 Å². The Hall–Kier alpha value is -1.56. The fourth-order valence-electron chi connectivity index (χ4n) is 2.83. The van der Waals surface area contributed by atoms with Gasteiger partial charge >= 0.3 is 6.09 Å². The number of aryl methyl sites for hydroxylation is 2. The molecule has 1 aliphatic heterocycles. The van der Waals surface area contributed by atoms with E-state index in [9.17, 15) is 4.79 Å². The quantitative estimate of drug-likeness (QED) is 0.922. The molecule has 0 radical (unpaired) electrons. The molecule has 0 aromatic carbocycles. The van der Waals surface area contributed by atoms with E-state index in [4.69, 9.17) is 10.5 Å². The van der Waals surface area contributed by atoms with E-state index in [0.717, 1.165) is 25.8 Å². The molecule has 1 aromatic rings. The normalized spacial score (nSPS) is 20.2. The minimum Gasteiger partial charge on any atom is -0.444 e. The van der Waals surface area contributed by atoms with Crippen LogP contribution in [0.2, 0.25) is 0 Å². The number of hydrogen-bond acceptors (Lipinski definition) is 4. The van der Waals surface area contributed by atoms with Crippen molar-refractivity contribution in [2.45, 2.75) is 51.7 Å². The summed E-state index contributed by atoms with van der Waals surface area (Å²) in [6.45, 7) is 7.09. The Morgan fingerprint density at radius 1 is 1.55 bits per heavy atom. The number of likely N-dealkylation sites (tertiary alicyclic amines) is 1. The molecule has 0 aliphatic carbocycles. The zero-order chi connectivity index (χ0) is 16.3. The molecule has 2 heterocycles. The van der Waals surface area contributed by atoms with E-state index in [1.54, 1.807) is 11.1 Å². The molecule has 124 valence electrons. The summed E-state index contributed by atoms with van der Waals surface area (Å²) in [5.41, 5.74) is 7.07. The van der Waals surface area contributed by atoms with Crippen molar-refractivity contribution in [3.05, 3.63) is 18.0 Å². The standard InChI is InChI=1S/C16H28N4O2/c1-16(2,3)22-15(21)20-10-8-12(11-20)14(17)6-5-13-7-9-18-19(13)4/h7,9,12,14H,5-6,8,10-11,17H2,1-4H3. The summed E-state index contributed by atoms with van der Waals surface area (Å²) >= 11 is 0. The van der Waals surface area contributed by atoms with Crippen molar-refractivity contribution in [1.82, 2.24) is 14.7 Å². The number of nitrogens with zero attached hydrogens (tertiary/aromatic N) is 3. The van der Waals surface area contributed by atoms with Crippen LogP contribution in [0.25, 0.3) is 0 Å². The van der Waals surface area contributed by atoms with Gasteiger partial charge in [0.2, 0.25) is 0 Å². The average molecular weight is 308 g/mol. The maximum absolute atomic E-state index is 12.1. The second-order valence-electron chi connectivity index (χ2n) is 7.12. The number of nitrogens with two attached hydrogens (primary N) is 1. The third kappa shape index (κ3) is 4.47. The molecule has 2 N–H and O–H groups in total. The lowest BCUT2D eigenvalue weighted by atomic mass is 9.95. The van der Waals surface area contributed by atoms with E-state index >= 15 is 0 Å². The van der Waals surface area contributed by atoms with Crippen molar-refractivity contribution < 1.29 is 9.53 Å². The summed E-state index contributed by atoms with van der Waals surface area (Å²) in [5.74, 6) is 0.348. The number of aromatic nitrogens is 2. The lowest BCUT2D eigenvalue weighted by molar-refractivity contribution is 0.0286. The molecule has 22 heavy (non-hydrogen) atoms. The Bertz CT molecular complexity index is 506. The summed E-state index contributed by atoms with van der Waals surface area (Å²) < 4.78 is 7.30. The minimum atomic E-state index is -0.448. The molecule has 0 saturated carbocycles. The highest BCUT2D eigenvalue weighted by Gasteiger charge is 2.32. The van der Waals surface area contributed by atoms with Crippen LogP contribution in [0.4, 0.5) is 4.79 Å². The second-order valence-corrected chi connectivity index (χ2v) is 7.12. The van der Waals surface area contributed by atoms with Gasteiger partial charge in [0.05, 0.1) is 0 Å². The van der Waals surface area contributed by atoms with Gasteiger partial charge in [-0.15, -0.1) is 0 Å². The predicted octanol–water partition coefficient (Wildman–Crippen LogP) is 1.94. The first-order valence-corrected chi connectivity index (χ1v) is 7.96. The van der Waals surface area contributed by atoms with Gasteiger partial charge in [0, 0.05) is 38.1 Å². The van der Waals surface area contributed by atoms with Crippen LogP contribution in [0, 0.1) is 5.92 Å². The number of hydrogen-bond donors (Lipinski definition) is 1. The highest BCUT2D eigenvalue weighted by Crippen LogP contribution is 2.23. The molecular formula is C16H28N4O2. The van der Waals surface area contributed by atoms with Crippen LogP contribution >= 0.6 is 0 Å². The first-order valence-electron chi connectivity index (χ1n) is 7.96. The highest BCUT2D eigenvalue weighted by molar-refractivity contribution is 5.68. The third-order valence-electron chi connectivity index (χ3n) is 4.14. The lowest BCUT2D eigenvalue weighted by Gasteiger charge is -2.25. The molecule has 0 bridgehead atoms. The first kappa shape index (κ1) is 16.8. The van der Waals surface area contributed by atoms with Gasteiger partial charge in [-0.2, -0.15) is 5.10 Å². The maximum Gasteiger partial charge on any atom is 0.410 e. The zero-order valence-corrected chi connectivity index (χ0v) is 14.1. The second kappa shape index (κ2) is 6.69. The summed E-state index contributed by atoms with van der Waals surface area (Å²) in [7, 11) is 1.95. The van der Waals surface area contributed by atoms with Crippen LogP contribution in [0.15, 0.2) is 12.3 Å². The van der Waals surface area contributed by atoms with Gasteiger partial charge in [0.1, 0.15) is 5.60 Å². The predicted molar refractivity (Wildman–Crippen MR) is 85.4 cm³/mol. The maximum atomic E-state index is 12.1. The molecule has 1 saturated heterocycles. The van der Waals surface area contributed by atoms with Crippen LogP contribution < -0.4 is 5.73 Å². The van der Waals surface area contributed by atoms with Crippen LogP contribution in [0.1, 0.15) is 39.3 Å². The van der Waals surface area contributed by atoms with Gasteiger partial charge < -0.3 is 15.4 Å². The Balaban J connectivity index is 1.79. The van der Waals surface area contributed by atoms with Crippen molar-refractivity contribution in [2.24, 2.45) is 18.7 Å². The Kier molecular flexibility index (Phi) is 5.11. The smallest absolute Gasteiger partial charge is 0.410 e. The van der Waals surface area contributed by atoms with E-state index in [2.05, 4.69) is 5.10 Å². The number of carbonyl (C=O) groups excluding carboxylic acids is 1. The minimum absolute atomic E-state index is 0.0994. The lowest BCUT2D eigenvalue weighted by Crippen LogP contribution is -2.38. The SMILES string of the molecule is Cn1nccc1CCC(N)C1CCN(C(=O)OC(C)(C)C)C1. The van der Waals surface area contributed by atoms with Gasteiger partial charge in [-0.1, -0.05) is 0 Å². The highest BCUT2D eigenvalue weighted by atomic mass is 16.6. The van der Waals surface area contributed by atoms with Crippen molar-refractivity contribution in [1.29, 1.82) is 0 Å². The summed E-state index contributed by atoms with van der Waals surface area (Å²) in [6.07, 6.45) is 4.35. The molecule has 2 atom stereocenters. The third-order valence-corrected chi connectivity index (χ3v) is 4.14. The van der Waals surface area contributed by atoms with Crippen LogP contribution in [0.3, 0.4) is 0 Å². The largest absolute Gasteiger partial charge is 0.444 e. The molecule has 6 heteroatoms. The number of ether oxygens (including phenoxy) is 1. The number of amides is 1. The summed E-state index contributed by atoms with van der Waals surface area (Å²) in [4.78, 5) is 13.8. The number of carbonyl (C=O) groups is 1. The van der Waals surface area contributed by atoms with E-state index in [0.29, 0.717) is 12.5 Å². The Morgan fingerprint density at radius 3 is 2.86 bits per heavy atom. The van der Waals surface area contributed by atoms with Crippen LogP contribution in [-0.4, -0.2) is 45.5 Å². The van der Waals surface area contributed by atoms with Crippen molar-refractivity contribution in [2.75, 3.05) is 13.1 Å². The van der Waals surface area contributed by atoms with Gasteiger partial charge in [-0.3, -0.25) is 4.68 Å².